The van der Waals surface area contributed by atoms with E-state index >= 15 is 0 Å². The van der Waals surface area contributed by atoms with Crippen molar-refractivity contribution >= 4 is 23.0 Å². The molecule has 126 valence electrons. The lowest BCUT2D eigenvalue weighted by Gasteiger charge is -2.15. The molecule has 1 N–H and O–H groups in total. The van der Waals surface area contributed by atoms with Crippen LogP contribution in [0.1, 0.15) is 37.8 Å². The van der Waals surface area contributed by atoms with E-state index < -0.39 is 6.67 Å². The zero-order valence-corrected chi connectivity index (χ0v) is 15.0. The highest BCUT2D eigenvalue weighted by molar-refractivity contribution is 8.07. The van der Waals surface area contributed by atoms with Crippen molar-refractivity contribution in [3.63, 3.8) is 0 Å². The lowest BCUT2D eigenvalue weighted by atomic mass is 10.1. The minimum absolute atomic E-state index is 0.462. The van der Waals surface area contributed by atoms with E-state index in [4.69, 9.17) is 0 Å². The second-order valence-corrected chi connectivity index (χ2v) is 6.71. The molecule has 2 rings (SSSR count). The van der Waals surface area contributed by atoms with Crippen LogP contribution in [-0.2, 0) is 6.67 Å². The van der Waals surface area contributed by atoms with Crippen molar-refractivity contribution in [3.8, 4) is 0 Å². The van der Waals surface area contributed by atoms with E-state index in [1.807, 2.05) is 30.5 Å². The number of aromatic nitrogens is 1. The summed E-state index contributed by atoms with van der Waals surface area (Å²) >= 11 is 1.63. The summed E-state index contributed by atoms with van der Waals surface area (Å²) in [6.07, 6.45) is 5.70. The first kappa shape index (κ1) is 18.3. The van der Waals surface area contributed by atoms with Crippen LogP contribution in [0.15, 0.2) is 65.3 Å². The summed E-state index contributed by atoms with van der Waals surface area (Å²) < 4.78 is 12.8. The van der Waals surface area contributed by atoms with Gasteiger partial charge < -0.3 is 5.32 Å². The first-order valence-electron chi connectivity index (χ1n) is 8.03. The molecule has 1 aromatic heterocycles. The molecule has 0 fully saturated rings. The largest absolute Gasteiger partial charge is 0.350 e. The van der Waals surface area contributed by atoms with Gasteiger partial charge in [0.15, 0.2) is 0 Å². The van der Waals surface area contributed by atoms with Crippen LogP contribution >= 0.6 is 11.8 Å². The summed E-state index contributed by atoms with van der Waals surface area (Å²) in [6.45, 7) is 7.93. The smallest absolute Gasteiger partial charge is 0.115 e. The van der Waals surface area contributed by atoms with Gasteiger partial charge in [0.1, 0.15) is 6.67 Å². The summed E-state index contributed by atoms with van der Waals surface area (Å²) in [4.78, 5) is 5.47. The molecule has 1 aromatic carbocycles. The molecule has 0 aliphatic rings. The molecule has 0 atom stereocenters. The molecule has 0 aliphatic heterocycles. The van der Waals surface area contributed by atoms with Crippen molar-refractivity contribution in [1.29, 1.82) is 0 Å². The van der Waals surface area contributed by atoms with Crippen molar-refractivity contribution in [2.24, 2.45) is 0 Å². The Labute approximate surface area is 147 Å². The Morgan fingerprint density at radius 2 is 2.12 bits per heavy atom. The second-order valence-electron chi connectivity index (χ2n) is 5.52. The number of alkyl halides is 1. The monoisotopic (exact) mass is 342 g/mol. The fourth-order valence-electron chi connectivity index (χ4n) is 2.36. The Morgan fingerprint density at radius 3 is 2.79 bits per heavy atom. The van der Waals surface area contributed by atoms with E-state index in [0.29, 0.717) is 5.56 Å². The summed E-state index contributed by atoms with van der Waals surface area (Å²) in [5, 5.41) is 4.10. The molecule has 0 radical (unpaired) electrons. The molecular formula is C20H23FN2S. The maximum atomic E-state index is 12.8. The van der Waals surface area contributed by atoms with E-state index in [1.54, 1.807) is 24.0 Å². The fraction of sp³-hybridized carbons (Fsp3) is 0.250. The summed E-state index contributed by atoms with van der Waals surface area (Å²) in [6, 6.07) is 11.4. The minimum atomic E-state index is -0.462. The van der Waals surface area contributed by atoms with Crippen molar-refractivity contribution in [1.82, 2.24) is 4.98 Å². The van der Waals surface area contributed by atoms with Crippen molar-refractivity contribution in [3.05, 3.63) is 76.4 Å². The van der Waals surface area contributed by atoms with Crippen molar-refractivity contribution < 1.29 is 4.39 Å². The van der Waals surface area contributed by atoms with Gasteiger partial charge in [-0.1, -0.05) is 49.9 Å². The lowest BCUT2D eigenvalue weighted by Crippen LogP contribution is -1.97. The third-order valence-electron chi connectivity index (χ3n) is 3.60. The Balaban J connectivity index is 2.13. The normalized spacial score (nSPS) is 11.8. The summed E-state index contributed by atoms with van der Waals surface area (Å²) in [5.41, 5.74) is 3.86. The lowest BCUT2D eigenvalue weighted by molar-refractivity contribution is 0.485. The van der Waals surface area contributed by atoms with Gasteiger partial charge in [0.2, 0.25) is 0 Å². The van der Waals surface area contributed by atoms with Gasteiger partial charge in [0.05, 0.1) is 5.03 Å². The first-order valence-corrected chi connectivity index (χ1v) is 8.84. The highest BCUT2D eigenvalue weighted by Crippen LogP contribution is 2.34. The number of allylic oxidation sites excluding steroid dienone is 2. The zero-order valence-electron chi connectivity index (χ0n) is 14.2. The molecule has 24 heavy (non-hydrogen) atoms. The predicted molar refractivity (Wildman–Crippen MR) is 103 cm³/mol. The first-order chi connectivity index (χ1) is 11.6. The molecule has 1 heterocycles. The van der Waals surface area contributed by atoms with Crippen LogP contribution in [0.4, 0.5) is 10.1 Å². The number of rotatable bonds is 8. The quantitative estimate of drug-likeness (QED) is 0.601. The molecule has 0 saturated carbocycles. The number of nitrogens with zero attached hydrogens (tertiary/aromatic N) is 1. The third kappa shape index (κ3) is 5.24. The van der Waals surface area contributed by atoms with Crippen LogP contribution in [0.2, 0.25) is 0 Å². The minimum Gasteiger partial charge on any atom is -0.350 e. The summed E-state index contributed by atoms with van der Waals surface area (Å²) in [5.74, 6) is 0. The van der Waals surface area contributed by atoms with Crippen LogP contribution < -0.4 is 5.32 Å². The van der Waals surface area contributed by atoms with Gasteiger partial charge in [-0.05, 0) is 53.1 Å². The van der Waals surface area contributed by atoms with Crippen LogP contribution in [0.3, 0.4) is 0 Å². The zero-order chi connectivity index (χ0) is 17.4. The number of benzene rings is 1. The van der Waals surface area contributed by atoms with Crippen LogP contribution in [0.5, 0.6) is 0 Å². The van der Waals surface area contributed by atoms with Gasteiger partial charge in [0.25, 0.3) is 0 Å². The van der Waals surface area contributed by atoms with Crippen molar-refractivity contribution in [2.45, 2.75) is 33.4 Å². The SMILES string of the molecule is C=C(Nc1cccc(CF)c1)S/C(CCC)=C(\C)c1cccnc1. The number of hydrogen-bond donors (Lipinski definition) is 1. The standard InChI is InChI=1S/C20H23FN2S/c1-4-7-20(15(2)18-9-6-11-22-14-18)24-16(3)23-19-10-5-8-17(12-19)13-21/h5-6,8-12,14,23H,3-4,7,13H2,1-2H3/b20-15+. The van der Waals surface area contributed by atoms with Crippen LogP contribution in [-0.4, -0.2) is 4.98 Å². The van der Waals surface area contributed by atoms with Crippen LogP contribution in [0, 0.1) is 0 Å². The third-order valence-corrected chi connectivity index (χ3v) is 4.71. The predicted octanol–water partition coefficient (Wildman–Crippen LogP) is 6.40. The second kappa shape index (κ2) is 9.28. The van der Waals surface area contributed by atoms with E-state index in [1.165, 1.54) is 10.5 Å². The van der Waals surface area contributed by atoms with E-state index in [-0.39, 0.29) is 0 Å². The highest BCUT2D eigenvalue weighted by Gasteiger charge is 2.08. The van der Waals surface area contributed by atoms with E-state index in [0.717, 1.165) is 29.1 Å². The van der Waals surface area contributed by atoms with Gasteiger partial charge in [-0.15, -0.1) is 0 Å². The molecule has 0 bridgehead atoms. The number of pyridine rings is 1. The molecule has 2 nitrogen and oxygen atoms in total. The number of hydrogen-bond acceptors (Lipinski definition) is 3. The molecule has 4 heteroatoms. The Morgan fingerprint density at radius 1 is 1.29 bits per heavy atom. The fourth-order valence-corrected chi connectivity index (χ4v) is 3.40. The van der Waals surface area contributed by atoms with Gasteiger partial charge in [-0.2, -0.15) is 0 Å². The maximum Gasteiger partial charge on any atom is 0.115 e. The topological polar surface area (TPSA) is 24.9 Å². The van der Waals surface area contributed by atoms with Gasteiger partial charge >= 0.3 is 0 Å². The number of thioether (sulfide) groups is 1. The van der Waals surface area contributed by atoms with E-state index in [9.17, 15) is 4.39 Å². The average Bonchev–Trinajstić information content (AvgIpc) is 2.61. The Kier molecular flexibility index (Phi) is 7.07. The maximum absolute atomic E-state index is 12.8. The molecule has 0 spiro atoms. The Hall–Kier alpha value is -2.07. The molecular weight excluding hydrogens is 319 g/mol. The molecule has 0 unspecified atom stereocenters. The van der Waals surface area contributed by atoms with Crippen LogP contribution in [0.25, 0.3) is 5.57 Å². The van der Waals surface area contributed by atoms with Gasteiger partial charge in [-0.3, -0.25) is 4.98 Å². The van der Waals surface area contributed by atoms with Gasteiger partial charge in [0, 0.05) is 18.1 Å². The molecule has 2 aromatic rings. The van der Waals surface area contributed by atoms with Gasteiger partial charge in [-0.25, -0.2) is 4.39 Å². The van der Waals surface area contributed by atoms with Crippen molar-refractivity contribution in [2.75, 3.05) is 5.32 Å². The average molecular weight is 342 g/mol. The molecule has 0 amide bonds. The van der Waals surface area contributed by atoms with E-state index in [2.05, 4.69) is 36.8 Å². The molecule has 0 saturated heterocycles. The number of nitrogens with one attached hydrogen (secondary N) is 1. The summed E-state index contributed by atoms with van der Waals surface area (Å²) in [7, 11) is 0. The molecule has 0 aliphatic carbocycles. The number of anilines is 1. The number of halogens is 1. The highest BCUT2D eigenvalue weighted by atomic mass is 32.2. The Bertz CT molecular complexity index is 711.